The van der Waals surface area contributed by atoms with Crippen molar-refractivity contribution in [2.24, 2.45) is 0 Å². The molecule has 0 saturated carbocycles. The summed E-state index contributed by atoms with van der Waals surface area (Å²) in [4.78, 5) is 25.7. The van der Waals surface area contributed by atoms with E-state index in [0.717, 1.165) is 23.1 Å². The van der Waals surface area contributed by atoms with Crippen LogP contribution in [0.25, 0.3) is 0 Å². The van der Waals surface area contributed by atoms with E-state index in [1.165, 1.54) is 19.2 Å². The van der Waals surface area contributed by atoms with Crippen LogP contribution in [-0.2, 0) is 20.7 Å². The fourth-order valence-corrected chi connectivity index (χ4v) is 3.14. The lowest BCUT2D eigenvalue weighted by Gasteiger charge is -2.37. The first-order chi connectivity index (χ1) is 11.6. The molecule has 0 aliphatic carbocycles. The number of esters is 1. The minimum atomic E-state index is -0.559. The fraction of sp³-hybridized carbons (Fsp3) is 0.263. The minimum Gasteiger partial charge on any atom is -0.469 e. The monoisotopic (exact) mass is 327 g/mol. The zero-order valence-corrected chi connectivity index (χ0v) is 13.4. The van der Waals surface area contributed by atoms with Crippen LogP contribution in [0.2, 0.25) is 0 Å². The van der Waals surface area contributed by atoms with Crippen molar-refractivity contribution in [3.05, 3.63) is 71.0 Å². The van der Waals surface area contributed by atoms with Gasteiger partial charge in [0.05, 0.1) is 13.2 Å². The van der Waals surface area contributed by atoms with E-state index in [1.54, 1.807) is 17.0 Å². The molecular weight excluding hydrogens is 309 g/mol. The SMILES string of the molecule is COC(=O)CC(=O)N1CCc2ccccc2[C@@H]1c1ccc(F)cc1. The van der Waals surface area contributed by atoms with Crippen molar-refractivity contribution < 1.29 is 18.7 Å². The van der Waals surface area contributed by atoms with Crippen LogP contribution in [0, 0.1) is 5.82 Å². The molecule has 24 heavy (non-hydrogen) atoms. The van der Waals surface area contributed by atoms with Crippen LogP contribution in [0.1, 0.15) is 29.2 Å². The molecule has 1 aliphatic rings. The second-order valence-electron chi connectivity index (χ2n) is 5.74. The Morgan fingerprint density at radius 1 is 1.17 bits per heavy atom. The summed E-state index contributed by atoms with van der Waals surface area (Å²) in [5, 5.41) is 0. The predicted molar refractivity (Wildman–Crippen MR) is 86.7 cm³/mol. The van der Waals surface area contributed by atoms with Crippen molar-refractivity contribution in [2.75, 3.05) is 13.7 Å². The van der Waals surface area contributed by atoms with Crippen molar-refractivity contribution in [3.8, 4) is 0 Å². The van der Waals surface area contributed by atoms with Gasteiger partial charge >= 0.3 is 5.97 Å². The summed E-state index contributed by atoms with van der Waals surface area (Å²) in [6.07, 6.45) is 0.428. The molecule has 1 aliphatic heterocycles. The third-order valence-corrected chi connectivity index (χ3v) is 4.31. The number of hydrogen-bond acceptors (Lipinski definition) is 3. The van der Waals surface area contributed by atoms with Gasteiger partial charge in [-0.15, -0.1) is 0 Å². The molecule has 0 radical (unpaired) electrons. The molecule has 2 aromatic carbocycles. The normalized spacial score (nSPS) is 16.4. The van der Waals surface area contributed by atoms with E-state index in [0.29, 0.717) is 6.54 Å². The Bertz CT molecular complexity index is 757. The van der Waals surface area contributed by atoms with Crippen LogP contribution in [-0.4, -0.2) is 30.4 Å². The topological polar surface area (TPSA) is 46.6 Å². The maximum atomic E-state index is 13.3. The fourth-order valence-electron chi connectivity index (χ4n) is 3.14. The van der Waals surface area contributed by atoms with Gasteiger partial charge in [-0.1, -0.05) is 36.4 Å². The number of hydrogen-bond donors (Lipinski definition) is 0. The number of benzene rings is 2. The highest BCUT2D eigenvalue weighted by Crippen LogP contribution is 2.35. The molecule has 1 atom stereocenters. The average molecular weight is 327 g/mol. The molecule has 2 aromatic rings. The standard InChI is InChI=1S/C19H18FNO3/c1-24-18(23)12-17(22)21-11-10-13-4-2-3-5-16(13)19(21)14-6-8-15(20)9-7-14/h2-9,19H,10-12H2,1H3/t19-/m0/s1. The summed E-state index contributed by atoms with van der Waals surface area (Å²) in [6.45, 7) is 0.509. The Morgan fingerprint density at radius 2 is 1.88 bits per heavy atom. The molecule has 0 saturated heterocycles. The van der Waals surface area contributed by atoms with E-state index in [9.17, 15) is 14.0 Å². The van der Waals surface area contributed by atoms with Gasteiger partial charge in [-0.2, -0.15) is 0 Å². The molecule has 0 N–H and O–H groups in total. The number of amides is 1. The Kier molecular flexibility index (Phi) is 4.60. The Hall–Kier alpha value is -2.69. The van der Waals surface area contributed by atoms with Gasteiger partial charge in [0.1, 0.15) is 12.2 Å². The summed E-state index contributed by atoms with van der Waals surface area (Å²) in [7, 11) is 1.26. The Labute approximate surface area is 139 Å². The van der Waals surface area contributed by atoms with E-state index in [4.69, 9.17) is 0 Å². The van der Waals surface area contributed by atoms with Crippen LogP contribution in [0.15, 0.2) is 48.5 Å². The molecule has 0 aromatic heterocycles. The molecule has 0 bridgehead atoms. The highest BCUT2D eigenvalue weighted by atomic mass is 19.1. The number of carbonyl (C=O) groups excluding carboxylic acids is 2. The predicted octanol–water partition coefficient (Wildman–Crippen LogP) is 2.86. The first-order valence-electron chi connectivity index (χ1n) is 7.79. The molecule has 124 valence electrons. The van der Waals surface area contributed by atoms with Gasteiger partial charge in [-0.25, -0.2) is 4.39 Å². The van der Waals surface area contributed by atoms with Gasteiger partial charge in [0.2, 0.25) is 5.91 Å². The third kappa shape index (κ3) is 3.15. The smallest absolute Gasteiger partial charge is 0.315 e. The average Bonchev–Trinajstić information content (AvgIpc) is 2.61. The summed E-state index contributed by atoms with van der Waals surface area (Å²) >= 11 is 0. The quantitative estimate of drug-likeness (QED) is 0.643. The minimum absolute atomic E-state index is 0.286. The number of fused-ring (bicyclic) bond motifs is 1. The number of rotatable bonds is 3. The maximum absolute atomic E-state index is 13.3. The lowest BCUT2D eigenvalue weighted by Crippen LogP contribution is -2.41. The number of ether oxygens (including phenoxy) is 1. The molecule has 0 spiro atoms. The van der Waals surface area contributed by atoms with Crippen molar-refractivity contribution in [3.63, 3.8) is 0 Å². The van der Waals surface area contributed by atoms with E-state index in [1.807, 2.05) is 24.3 Å². The maximum Gasteiger partial charge on any atom is 0.315 e. The zero-order valence-electron chi connectivity index (χ0n) is 13.4. The second-order valence-corrected chi connectivity index (χ2v) is 5.74. The van der Waals surface area contributed by atoms with Crippen molar-refractivity contribution >= 4 is 11.9 Å². The van der Waals surface area contributed by atoms with E-state index >= 15 is 0 Å². The van der Waals surface area contributed by atoms with E-state index < -0.39 is 5.97 Å². The van der Waals surface area contributed by atoms with Crippen molar-refractivity contribution in [1.82, 2.24) is 4.90 Å². The number of halogens is 1. The number of methoxy groups -OCH3 is 1. The van der Waals surface area contributed by atoms with Gasteiger partial charge in [-0.3, -0.25) is 9.59 Å². The summed E-state index contributed by atoms with van der Waals surface area (Å²) in [6, 6.07) is 13.7. The van der Waals surface area contributed by atoms with Gasteiger partial charge in [0.15, 0.2) is 0 Å². The van der Waals surface area contributed by atoms with Gasteiger partial charge < -0.3 is 9.64 Å². The molecule has 0 fully saturated rings. The van der Waals surface area contributed by atoms with Crippen LogP contribution in [0.5, 0.6) is 0 Å². The first kappa shape index (κ1) is 16.2. The van der Waals surface area contributed by atoms with Crippen LogP contribution >= 0.6 is 0 Å². The Balaban J connectivity index is 2.00. The Morgan fingerprint density at radius 3 is 2.58 bits per heavy atom. The summed E-state index contributed by atoms with van der Waals surface area (Å²) < 4.78 is 17.9. The van der Waals surface area contributed by atoms with Crippen LogP contribution in [0.3, 0.4) is 0 Å². The number of nitrogens with zero attached hydrogens (tertiary/aromatic N) is 1. The van der Waals surface area contributed by atoms with Gasteiger partial charge in [-0.05, 0) is 35.2 Å². The van der Waals surface area contributed by atoms with Crippen molar-refractivity contribution in [2.45, 2.75) is 18.9 Å². The second kappa shape index (κ2) is 6.83. The third-order valence-electron chi connectivity index (χ3n) is 4.31. The van der Waals surface area contributed by atoms with E-state index in [2.05, 4.69) is 4.74 Å². The molecule has 0 unspecified atom stereocenters. The molecule has 1 heterocycles. The highest BCUT2D eigenvalue weighted by Gasteiger charge is 2.32. The van der Waals surface area contributed by atoms with Crippen molar-refractivity contribution in [1.29, 1.82) is 0 Å². The molecule has 5 heteroatoms. The summed E-state index contributed by atoms with van der Waals surface area (Å²) in [5.74, 6) is -1.17. The highest BCUT2D eigenvalue weighted by molar-refractivity contribution is 5.94. The number of carbonyl (C=O) groups is 2. The largest absolute Gasteiger partial charge is 0.469 e. The van der Waals surface area contributed by atoms with Gasteiger partial charge in [0, 0.05) is 6.54 Å². The van der Waals surface area contributed by atoms with Crippen LogP contribution < -0.4 is 0 Å². The molecule has 3 rings (SSSR count). The van der Waals surface area contributed by atoms with Crippen LogP contribution in [0.4, 0.5) is 4.39 Å². The van der Waals surface area contributed by atoms with Gasteiger partial charge in [0.25, 0.3) is 0 Å². The lowest BCUT2D eigenvalue weighted by atomic mass is 9.88. The molecule has 4 nitrogen and oxygen atoms in total. The first-order valence-corrected chi connectivity index (χ1v) is 7.79. The van der Waals surface area contributed by atoms with E-state index in [-0.39, 0.29) is 24.2 Å². The molecule has 1 amide bonds. The lowest BCUT2D eigenvalue weighted by molar-refractivity contribution is -0.147. The summed E-state index contributed by atoms with van der Waals surface area (Å²) in [5.41, 5.74) is 2.99. The molecular formula is C19H18FNO3. The zero-order chi connectivity index (χ0) is 17.1.